The molecule has 28 heavy (non-hydrogen) atoms. The van der Waals surface area contributed by atoms with E-state index in [4.69, 9.17) is 14.2 Å². The molecule has 0 amide bonds. The van der Waals surface area contributed by atoms with Gasteiger partial charge in [0.05, 0.1) is 32.8 Å². The number of hydrogen-bond donors (Lipinski definition) is 0. The summed E-state index contributed by atoms with van der Waals surface area (Å²) in [5, 5.41) is 0. The average Bonchev–Trinajstić information content (AvgIpc) is 2.55. The Balaban J connectivity index is 2.66. The van der Waals surface area contributed by atoms with Gasteiger partial charge in [-0.2, -0.15) is 26.3 Å². The highest BCUT2D eigenvalue weighted by atomic mass is 19.4. The zero-order valence-electron chi connectivity index (χ0n) is 14.7. The molecule has 0 aromatic rings. The number of halogens is 8. The molecule has 0 aromatic heterocycles. The second kappa shape index (κ2) is 11.1. The van der Waals surface area contributed by atoms with Crippen LogP contribution in [0.5, 0.6) is 0 Å². The van der Waals surface area contributed by atoms with Crippen molar-refractivity contribution in [3.63, 3.8) is 0 Å². The molecule has 1 heterocycles. The molecule has 166 valence electrons. The summed E-state index contributed by atoms with van der Waals surface area (Å²) in [6.07, 6.45) is -17.7. The van der Waals surface area contributed by atoms with Crippen molar-refractivity contribution < 1.29 is 54.1 Å². The number of carbonyl (C=O) groups is 1. The average molecular weight is 431 g/mol. The van der Waals surface area contributed by atoms with E-state index in [0.717, 1.165) is 0 Å². The summed E-state index contributed by atoms with van der Waals surface area (Å²) in [6.45, 7) is 0.624. The van der Waals surface area contributed by atoms with Gasteiger partial charge in [-0.15, -0.1) is 0 Å². The maximum Gasteiger partial charge on any atom is 0.401 e. The summed E-state index contributed by atoms with van der Waals surface area (Å²) in [7, 11) is 0. The first-order valence-corrected chi connectivity index (χ1v) is 8.38. The van der Waals surface area contributed by atoms with Gasteiger partial charge in [0.25, 0.3) is 0 Å². The van der Waals surface area contributed by atoms with Crippen LogP contribution in [0, 0.1) is 5.92 Å². The van der Waals surface area contributed by atoms with Gasteiger partial charge in [0, 0.05) is 26.1 Å². The fourth-order valence-electron chi connectivity index (χ4n) is 2.40. The summed E-state index contributed by atoms with van der Waals surface area (Å²) in [5.74, 6) is -5.55. The highest BCUT2D eigenvalue weighted by Crippen LogP contribution is 2.41. The molecule has 1 fully saturated rings. The third-order valence-electron chi connectivity index (χ3n) is 3.81. The summed E-state index contributed by atoms with van der Waals surface area (Å²) >= 11 is 0. The predicted octanol–water partition coefficient (Wildman–Crippen LogP) is 3.03. The third-order valence-corrected chi connectivity index (χ3v) is 3.81. The standard InChI is InChI=1S/C15H21F8NO4/c16-12(17)1-4-27-9-10(8-24-2-5-26-6-3-24)28-13(25)7-11(14(18,19)20)15(21,22)23/h10-12H,1-9H2. The van der Waals surface area contributed by atoms with Crippen LogP contribution < -0.4 is 0 Å². The molecule has 1 aliphatic heterocycles. The van der Waals surface area contributed by atoms with Crippen molar-refractivity contribution in [3.8, 4) is 0 Å². The highest BCUT2D eigenvalue weighted by molar-refractivity contribution is 5.70. The largest absolute Gasteiger partial charge is 0.459 e. The van der Waals surface area contributed by atoms with Gasteiger partial charge in [-0.1, -0.05) is 0 Å². The van der Waals surface area contributed by atoms with Crippen LogP contribution in [-0.2, 0) is 19.0 Å². The molecule has 0 radical (unpaired) electrons. The predicted molar refractivity (Wildman–Crippen MR) is 78.8 cm³/mol. The molecular formula is C15H21F8NO4. The van der Waals surface area contributed by atoms with E-state index in [1.807, 2.05) is 0 Å². The molecule has 0 aliphatic carbocycles. The smallest absolute Gasteiger partial charge is 0.401 e. The fourth-order valence-corrected chi connectivity index (χ4v) is 2.40. The normalized spacial score (nSPS) is 17.9. The second-order valence-corrected chi connectivity index (χ2v) is 6.12. The van der Waals surface area contributed by atoms with Gasteiger partial charge in [0.1, 0.15) is 6.10 Å². The van der Waals surface area contributed by atoms with Crippen LogP contribution in [-0.4, -0.2) is 81.8 Å². The molecule has 1 saturated heterocycles. The number of ether oxygens (including phenoxy) is 3. The van der Waals surface area contributed by atoms with E-state index in [9.17, 15) is 39.9 Å². The lowest BCUT2D eigenvalue weighted by atomic mass is 10.0. The fraction of sp³-hybridized carbons (Fsp3) is 0.933. The Labute approximate surface area is 155 Å². The van der Waals surface area contributed by atoms with Crippen LogP contribution in [0.15, 0.2) is 0 Å². The van der Waals surface area contributed by atoms with Crippen molar-refractivity contribution in [2.45, 2.75) is 37.7 Å². The minimum absolute atomic E-state index is 0.0352. The Morgan fingerprint density at radius 1 is 1.04 bits per heavy atom. The number of rotatable bonds is 10. The van der Waals surface area contributed by atoms with Crippen molar-refractivity contribution in [2.75, 3.05) is 46.1 Å². The first-order valence-electron chi connectivity index (χ1n) is 8.38. The molecule has 13 heteroatoms. The van der Waals surface area contributed by atoms with Crippen LogP contribution in [0.2, 0.25) is 0 Å². The summed E-state index contributed by atoms with van der Waals surface area (Å²) in [5.41, 5.74) is 0. The quantitative estimate of drug-likeness (QED) is 0.302. The van der Waals surface area contributed by atoms with Gasteiger partial charge in [-0.05, 0) is 0 Å². The molecule has 0 saturated carbocycles. The minimum Gasteiger partial charge on any atom is -0.459 e. The lowest BCUT2D eigenvalue weighted by Gasteiger charge is -2.30. The Kier molecular flexibility index (Phi) is 9.84. The van der Waals surface area contributed by atoms with Gasteiger partial charge in [0.15, 0.2) is 5.92 Å². The van der Waals surface area contributed by atoms with Gasteiger partial charge < -0.3 is 14.2 Å². The maximum atomic E-state index is 12.6. The van der Waals surface area contributed by atoms with Crippen LogP contribution in [0.4, 0.5) is 35.1 Å². The number of hydrogen-bond acceptors (Lipinski definition) is 5. The molecule has 5 nitrogen and oxygen atoms in total. The van der Waals surface area contributed by atoms with E-state index in [0.29, 0.717) is 26.3 Å². The Morgan fingerprint density at radius 2 is 1.61 bits per heavy atom. The Morgan fingerprint density at radius 3 is 2.11 bits per heavy atom. The SMILES string of the molecule is O=C(CC(C(F)(F)F)C(F)(F)F)OC(COCCC(F)F)CN1CCOCC1. The van der Waals surface area contributed by atoms with E-state index in [1.54, 1.807) is 4.90 Å². The highest BCUT2D eigenvalue weighted by Gasteiger charge is 2.57. The Hall–Kier alpha value is -1.21. The van der Waals surface area contributed by atoms with Gasteiger partial charge in [-0.25, -0.2) is 8.78 Å². The van der Waals surface area contributed by atoms with Crippen LogP contribution in [0.3, 0.4) is 0 Å². The lowest BCUT2D eigenvalue weighted by Crippen LogP contribution is -2.44. The topological polar surface area (TPSA) is 48.0 Å². The first kappa shape index (κ1) is 24.8. The van der Waals surface area contributed by atoms with Gasteiger partial charge in [-0.3, -0.25) is 9.69 Å². The number of morpholine rings is 1. The van der Waals surface area contributed by atoms with Crippen molar-refractivity contribution in [1.82, 2.24) is 4.90 Å². The van der Waals surface area contributed by atoms with Crippen LogP contribution >= 0.6 is 0 Å². The lowest BCUT2D eigenvalue weighted by molar-refractivity contribution is -0.286. The zero-order valence-corrected chi connectivity index (χ0v) is 14.7. The number of carbonyl (C=O) groups excluding carboxylic acids is 1. The monoisotopic (exact) mass is 431 g/mol. The molecule has 1 aliphatic rings. The molecule has 0 N–H and O–H groups in total. The molecule has 0 spiro atoms. The number of alkyl halides is 8. The molecule has 0 bridgehead atoms. The summed E-state index contributed by atoms with van der Waals surface area (Å²) in [4.78, 5) is 13.4. The second-order valence-electron chi connectivity index (χ2n) is 6.12. The zero-order chi connectivity index (χ0) is 21.4. The van der Waals surface area contributed by atoms with Crippen molar-refractivity contribution in [1.29, 1.82) is 0 Å². The van der Waals surface area contributed by atoms with E-state index >= 15 is 0 Å². The van der Waals surface area contributed by atoms with Crippen molar-refractivity contribution >= 4 is 5.97 Å². The third kappa shape index (κ3) is 9.82. The minimum atomic E-state index is -5.66. The van der Waals surface area contributed by atoms with Crippen molar-refractivity contribution in [3.05, 3.63) is 0 Å². The van der Waals surface area contributed by atoms with Crippen LogP contribution in [0.1, 0.15) is 12.8 Å². The van der Waals surface area contributed by atoms with Gasteiger partial charge >= 0.3 is 18.3 Å². The molecule has 0 aromatic carbocycles. The molecule has 1 atom stereocenters. The molecule has 1 unspecified atom stereocenters. The van der Waals surface area contributed by atoms with E-state index < -0.39 is 62.8 Å². The maximum absolute atomic E-state index is 12.6. The van der Waals surface area contributed by atoms with Gasteiger partial charge in [0.2, 0.25) is 6.43 Å². The Bertz CT molecular complexity index is 452. The summed E-state index contributed by atoms with van der Waals surface area (Å²) in [6, 6.07) is 0. The molecule has 1 rings (SSSR count). The number of nitrogens with zero attached hydrogens (tertiary/aromatic N) is 1. The first-order chi connectivity index (χ1) is 12.9. The molecular weight excluding hydrogens is 410 g/mol. The van der Waals surface area contributed by atoms with Crippen LogP contribution in [0.25, 0.3) is 0 Å². The summed E-state index contributed by atoms with van der Waals surface area (Å²) < 4.78 is 114. The van der Waals surface area contributed by atoms with Crippen molar-refractivity contribution in [2.24, 2.45) is 5.92 Å². The van der Waals surface area contributed by atoms with E-state index in [2.05, 4.69) is 0 Å². The van der Waals surface area contributed by atoms with E-state index in [1.165, 1.54) is 0 Å². The number of esters is 1. The van der Waals surface area contributed by atoms with E-state index in [-0.39, 0.29) is 6.54 Å².